The zero-order valence-corrected chi connectivity index (χ0v) is 11.9. The second kappa shape index (κ2) is 4.83. The Morgan fingerprint density at radius 1 is 1.50 bits per heavy atom. The fraction of sp³-hybridized carbons (Fsp3) is 0.286. The van der Waals surface area contributed by atoms with Gasteiger partial charge in [0, 0.05) is 31.1 Å². The minimum atomic E-state index is -0.0323. The summed E-state index contributed by atoms with van der Waals surface area (Å²) >= 11 is 6.05. The Balaban J connectivity index is 2.07. The average molecular weight is 292 g/mol. The van der Waals surface area contributed by atoms with E-state index >= 15 is 0 Å². The molecular weight excluding hydrogens is 278 g/mol. The van der Waals surface area contributed by atoms with E-state index < -0.39 is 0 Å². The number of anilines is 1. The first-order chi connectivity index (χ1) is 9.58. The van der Waals surface area contributed by atoms with Crippen LogP contribution in [0.3, 0.4) is 0 Å². The molecule has 0 bridgehead atoms. The highest BCUT2D eigenvalue weighted by molar-refractivity contribution is 6.32. The molecule has 0 spiro atoms. The highest BCUT2D eigenvalue weighted by atomic mass is 35.5. The van der Waals surface area contributed by atoms with Gasteiger partial charge in [-0.25, -0.2) is 0 Å². The Morgan fingerprint density at radius 3 is 3.05 bits per heavy atom. The normalized spacial score (nSPS) is 17.6. The maximum Gasteiger partial charge on any atom is 0.226 e. The maximum atomic E-state index is 11.8. The van der Waals surface area contributed by atoms with Crippen molar-refractivity contribution in [2.24, 2.45) is 7.05 Å². The first kappa shape index (κ1) is 13.0. The number of nitrogens with one attached hydrogen (secondary N) is 1. The zero-order valence-electron chi connectivity index (χ0n) is 11.2. The van der Waals surface area contributed by atoms with Gasteiger partial charge in [-0.15, -0.1) is 0 Å². The predicted octanol–water partition coefficient (Wildman–Crippen LogP) is 2.56. The van der Waals surface area contributed by atoms with E-state index in [4.69, 9.17) is 16.3 Å². The molecule has 0 saturated heterocycles. The molecule has 0 saturated carbocycles. The second-order valence-electron chi connectivity index (χ2n) is 4.81. The van der Waals surface area contributed by atoms with E-state index in [2.05, 4.69) is 10.4 Å². The van der Waals surface area contributed by atoms with Crippen molar-refractivity contribution in [3.8, 4) is 5.75 Å². The minimum absolute atomic E-state index is 0.0291. The molecule has 1 aromatic heterocycles. The predicted molar refractivity (Wildman–Crippen MR) is 76.3 cm³/mol. The molecule has 1 unspecified atom stereocenters. The van der Waals surface area contributed by atoms with Gasteiger partial charge in [0.15, 0.2) is 5.82 Å². The van der Waals surface area contributed by atoms with Gasteiger partial charge < -0.3 is 10.1 Å². The molecule has 2 heterocycles. The number of aryl methyl sites for hydroxylation is 1. The van der Waals surface area contributed by atoms with Crippen molar-refractivity contribution in [3.05, 3.63) is 40.5 Å². The molecule has 2 aromatic rings. The molecule has 0 aliphatic carbocycles. The first-order valence-electron chi connectivity index (χ1n) is 6.25. The van der Waals surface area contributed by atoms with E-state index in [-0.39, 0.29) is 11.8 Å². The van der Waals surface area contributed by atoms with Crippen LogP contribution in [0.25, 0.3) is 0 Å². The van der Waals surface area contributed by atoms with Gasteiger partial charge in [0.25, 0.3) is 0 Å². The van der Waals surface area contributed by atoms with Crippen LogP contribution in [-0.4, -0.2) is 22.8 Å². The molecule has 20 heavy (non-hydrogen) atoms. The van der Waals surface area contributed by atoms with Gasteiger partial charge in [0.2, 0.25) is 5.91 Å². The van der Waals surface area contributed by atoms with E-state index in [9.17, 15) is 4.79 Å². The van der Waals surface area contributed by atoms with Crippen molar-refractivity contribution in [2.75, 3.05) is 12.4 Å². The molecule has 1 aliphatic rings. The van der Waals surface area contributed by atoms with Crippen LogP contribution in [0.4, 0.5) is 5.82 Å². The number of amides is 1. The summed E-state index contributed by atoms with van der Waals surface area (Å²) in [5.74, 6) is 1.18. The van der Waals surface area contributed by atoms with Crippen molar-refractivity contribution in [1.82, 2.24) is 9.78 Å². The fourth-order valence-corrected chi connectivity index (χ4v) is 2.72. The quantitative estimate of drug-likeness (QED) is 0.925. The lowest BCUT2D eigenvalue weighted by atomic mass is 9.87. The van der Waals surface area contributed by atoms with Crippen LogP contribution in [0.2, 0.25) is 5.02 Å². The molecule has 0 radical (unpaired) electrons. The second-order valence-corrected chi connectivity index (χ2v) is 5.21. The summed E-state index contributed by atoms with van der Waals surface area (Å²) in [5.41, 5.74) is 2.01. The van der Waals surface area contributed by atoms with Crippen molar-refractivity contribution in [2.45, 2.75) is 12.3 Å². The van der Waals surface area contributed by atoms with Crippen LogP contribution in [-0.2, 0) is 11.8 Å². The molecule has 1 aliphatic heterocycles. The van der Waals surface area contributed by atoms with E-state index in [1.54, 1.807) is 17.9 Å². The number of ether oxygens (including phenoxy) is 1. The zero-order chi connectivity index (χ0) is 14.3. The number of halogens is 1. The van der Waals surface area contributed by atoms with Crippen molar-refractivity contribution in [1.29, 1.82) is 0 Å². The molecular formula is C14H14ClN3O2. The molecule has 1 aromatic carbocycles. The number of hydrogen-bond donors (Lipinski definition) is 1. The number of nitrogens with zero attached hydrogens (tertiary/aromatic N) is 2. The summed E-state index contributed by atoms with van der Waals surface area (Å²) in [6, 6.07) is 5.59. The smallest absolute Gasteiger partial charge is 0.226 e. The van der Waals surface area contributed by atoms with Gasteiger partial charge in [-0.3, -0.25) is 9.48 Å². The van der Waals surface area contributed by atoms with Crippen molar-refractivity contribution >= 4 is 23.3 Å². The number of carbonyl (C=O) groups excluding carboxylic acids is 1. The Hall–Kier alpha value is -2.01. The van der Waals surface area contributed by atoms with E-state index in [1.807, 2.05) is 25.4 Å². The van der Waals surface area contributed by atoms with E-state index in [1.165, 1.54) is 0 Å². The number of hydrogen-bond acceptors (Lipinski definition) is 3. The molecule has 104 valence electrons. The number of benzene rings is 1. The summed E-state index contributed by atoms with van der Waals surface area (Å²) < 4.78 is 6.95. The van der Waals surface area contributed by atoms with Gasteiger partial charge in [-0.05, 0) is 17.7 Å². The maximum absolute atomic E-state index is 11.8. The van der Waals surface area contributed by atoms with Gasteiger partial charge in [-0.1, -0.05) is 17.7 Å². The number of carbonyl (C=O) groups is 1. The monoisotopic (exact) mass is 291 g/mol. The molecule has 1 amide bonds. The lowest BCUT2D eigenvalue weighted by Gasteiger charge is -2.22. The Kier molecular flexibility index (Phi) is 3.14. The topological polar surface area (TPSA) is 56.1 Å². The molecule has 5 nitrogen and oxygen atoms in total. The minimum Gasteiger partial charge on any atom is -0.495 e. The van der Waals surface area contributed by atoms with Crippen LogP contribution in [0.1, 0.15) is 23.5 Å². The van der Waals surface area contributed by atoms with Gasteiger partial charge in [0.1, 0.15) is 5.75 Å². The molecule has 0 fully saturated rings. The lowest BCUT2D eigenvalue weighted by Crippen LogP contribution is -2.23. The molecule has 1 N–H and O–H groups in total. The summed E-state index contributed by atoms with van der Waals surface area (Å²) in [5, 5.41) is 7.62. The van der Waals surface area contributed by atoms with Crippen LogP contribution in [0, 0.1) is 0 Å². The number of aromatic nitrogens is 2. The molecule has 6 heteroatoms. The standard InChI is InChI=1S/C14H14ClN3O2/c1-18-7-10-9(6-13(19)16-14(10)17-18)8-3-4-11(15)12(5-8)20-2/h3-5,7,9H,6H2,1-2H3,(H,16,17,19). The van der Waals surface area contributed by atoms with Crippen LogP contribution in [0.5, 0.6) is 5.75 Å². The van der Waals surface area contributed by atoms with Crippen LogP contribution in [0.15, 0.2) is 24.4 Å². The Morgan fingerprint density at radius 2 is 2.30 bits per heavy atom. The molecule has 3 rings (SSSR count). The largest absolute Gasteiger partial charge is 0.495 e. The lowest BCUT2D eigenvalue weighted by molar-refractivity contribution is -0.116. The third kappa shape index (κ3) is 2.14. The van der Waals surface area contributed by atoms with Gasteiger partial charge >= 0.3 is 0 Å². The third-order valence-electron chi connectivity index (χ3n) is 3.46. The number of fused-ring (bicyclic) bond motifs is 1. The van der Waals surface area contributed by atoms with Crippen molar-refractivity contribution in [3.63, 3.8) is 0 Å². The summed E-state index contributed by atoms with van der Waals surface area (Å²) in [7, 11) is 3.41. The van der Waals surface area contributed by atoms with Gasteiger partial charge in [0.05, 0.1) is 12.1 Å². The first-order valence-corrected chi connectivity index (χ1v) is 6.63. The Bertz CT molecular complexity index is 681. The Labute approximate surface area is 121 Å². The average Bonchev–Trinajstić information content (AvgIpc) is 2.78. The SMILES string of the molecule is COc1cc(C2CC(=O)Nc3nn(C)cc32)ccc1Cl. The highest BCUT2D eigenvalue weighted by Crippen LogP contribution is 2.38. The van der Waals surface area contributed by atoms with Crippen molar-refractivity contribution < 1.29 is 9.53 Å². The fourth-order valence-electron chi connectivity index (χ4n) is 2.53. The van der Waals surface area contributed by atoms with E-state index in [0.717, 1.165) is 11.1 Å². The van der Waals surface area contributed by atoms with Gasteiger partial charge in [-0.2, -0.15) is 5.10 Å². The van der Waals surface area contributed by atoms with Crippen LogP contribution < -0.4 is 10.1 Å². The summed E-state index contributed by atoms with van der Waals surface area (Å²) in [6.07, 6.45) is 2.32. The summed E-state index contributed by atoms with van der Waals surface area (Å²) in [6.45, 7) is 0. The molecule has 1 atom stereocenters. The number of methoxy groups -OCH3 is 1. The summed E-state index contributed by atoms with van der Waals surface area (Å²) in [4.78, 5) is 11.8. The highest BCUT2D eigenvalue weighted by Gasteiger charge is 2.29. The third-order valence-corrected chi connectivity index (χ3v) is 3.77. The number of rotatable bonds is 2. The van der Waals surface area contributed by atoms with E-state index in [0.29, 0.717) is 23.0 Å². The van der Waals surface area contributed by atoms with Crippen LogP contribution >= 0.6 is 11.6 Å².